The molecule has 0 spiro atoms. The number of halogens is 1. The third-order valence-corrected chi connectivity index (χ3v) is 4.08. The van der Waals surface area contributed by atoms with Crippen molar-refractivity contribution in [3.63, 3.8) is 0 Å². The van der Waals surface area contributed by atoms with Crippen molar-refractivity contribution >= 4 is 24.2 Å². The molecule has 4 heteroatoms. The maximum absolute atomic E-state index is 13.5. The van der Waals surface area contributed by atoms with Gasteiger partial charge in [0, 0.05) is 13.5 Å². The standard InChI is InChI=1S/C13H16FNOS/c1-15(11-5-3-2-4-10(11)14)12(16)8-13(9-17)6-7-13/h2-5,17H,6-9H2,1H3. The molecule has 0 saturated heterocycles. The first kappa shape index (κ1) is 12.4. The van der Waals surface area contributed by atoms with Gasteiger partial charge in [0.05, 0.1) is 5.69 Å². The van der Waals surface area contributed by atoms with Crippen LogP contribution in [0.5, 0.6) is 0 Å². The third kappa shape index (κ3) is 2.63. The lowest BCUT2D eigenvalue weighted by atomic mass is 10.0. The van der Waals surface area contributed by atoms with Crippen molar-refractivity contribution in [2.75, 3.05) is 17.7 Å². The van der Waals surface area contributed by atoms with Crippen LogP contribution in [0.25, 0.3) is 0 Å². The molecule has 1 saturated carbocycles. The lowest BCUT2D eigenvalue weighted by Crippen LogP contribution is -2.29. The molecule has 0 heterocycles. The van der Waals surface area contributed by atoms with E-state index in [2.05, 4.69) is 12.6 Å². The van der Waals surface area contributed by atoms with E-state index in [0.29, 0.717) is 12.1 Å². The van der Waals surface area contributed by atoms with Gasteiger partial charge in [0.1, 0.15) is 5.82 Å². The maximum atomic E-state index is 13.5. The lowest BCUT2D eigenvalue weighted by Gasteiger charge is -2.20. The number of nitrogens with zero attached hydrogens (tertiary/aromatic N) is 1. The molecule has 1 amide bonds. The molecule has 0 aromatic heterocycles. The summed E-state index contributed by atoms with van der Waals surface area (Å²) in [5, 5.41) is 0. The van der Waals surface area contributed by atoms with E-state index in [9.17, 15) is 9.18 Å². The van der Waals surface area contributed by atoms with Gasteiger partial charge in [0.15, 0.2) is 0 Å². The molecule has 17 heavy (non-hydrogen) atoms. The van der Waals surface area contributed by atoms with Gasteiger partial charge in [-0.3, -0.25) is 4.79 Å². The van der Waals surface area contributed by atoms with Crippen molar-refractivity contribution in [3.8, 4) is 0 Å². The average molecular weight is 253 g/mol. The summed E-state index contributed by atoms with van der Waals surface area (Å²) in [4.78, 5) is 13.4. The number of hydrogen-bond donors (Lipinski definition) is 1. The smallest absolute Gasteiger partial charge is 0.227 e. The van der Waals surface area contributed by atoms with Gasteiger partial charge in [-0.15, -0.1) is 0 Å². The normalized spacial score (nSPS) is 16.6. The van der Waals surface area contributed by atoms with E-state index in [0.717, 1.165) is 18.6 Å². The van der Waals surface area contributed by atoms with E-state index in [1.807, 2.05) is 0 Å². The molecular weight excluding hydrogens is 237 g/mol. The number of thiol groups is 1. The summed E-state index contributed by atoms with van der Waals surface area (Å²) in [6.07, 6.45) is 2.56. The zero-order valence-electron chi connectivity index (χ0n) is 9.82. The van der Waals surface area contributed by atoms with E-state index >= 15 is 0 Å². The Morgan fingerprint density at radius 2 is 2.12 bits per heavy atom. The van der Waals surface area contributed by atoms with Crippen LogP contribution in [0.15, 0.2) is 24.3 Å². The molecule has 2 nitrogen and oxygen atoms in total. The van der Waals surface area contributed by atoms with Crippen molar-refractivity contribution in [3.05, 3.63) is 30.1 Å². The summed E-state index contributed by atoms with van der Waals surface area (Å²) in [6, 6.07) is 6.33. The molecule has 0 aliphatic heterocycles. The Labute approximate surface area is 106 Å². The molecule has 0 unspecified atom stereocenters. The monoisotopic (exact) mass is 253 g/mol. The predicted octanol–water partition coefficient (Wildman–Crippen LogP) is 2.89. The molecule has 92 valence electrons. The molecule has 1 aliphatic carbocycles. The van der Waals surface area contributed by atoms with Crippen molar-refractivity contribution in [1.82, 2.24) is 0 Å². The lowest BCUT2D eigenvalue weighted by molar-refractivity contribution is -0.119. The number of hydrogen-bond acceptors (Lipinski definition) is 2. The van der Waals surface area contributed by atoms with Gasteiger partial charge >= 0.3 is 0 Å². The summed E-state index contributed by atoms with van der Waals surface area (Å²) < 4.78 is 13.5. The summed E-state index contributed by atoms with van der Waals surface area (Å²) >= 11 is 4.27. The summed E-state index contributed by atoms with van der Waals surface area (Å²) in [5.74, 6) is 0.324. The van der Waals surface area contributed by atoms with Crippen molar-refractivity contribution in [2.24, 2.45) is 5.41 Å². The first-order valence-corrected chi connectivity index (χ1v) is 6.33. The maximum Gasteiger partial charge on any atom is 0.227 e. The number of amides is 1. The highest BCUT2D eigenvalue weighted by molar-refractivity contribution is 7.80. The van der Waals surface area contributed by atoms with Crippen LogP contribution in [0.3, 0.4) is 0 Å². The second-order valence-corrected chi connectivity index (χ2v) is 5.06. The van der Waals surface area contributed by atoms with Gasteiger partial charge in [0.25, 0.3) is 0 Å². The molecule has 1 aromatic rings. The third-order valence-electron chi connectivity index (χ3n) is 3.41. The largest absolute Gasteiger partial charge is 0.313 e. The molecule has 2 rings (SSSR count). The van der Waals surface area contributed by atoms with Crippen LogP contribution in [-0.4, -0.2) is 18.7 Å². The van der Waals surface area contributed by atoms with Gasteiger partial charge in [-0.25, -0.2) is 4.39 Å². The zero-order chi connectivity index (χ0) is 12.5. The Hall–Kier alpha value is -1.03. The SMILES string of the molecule is CN(C(=O)CC1(CS)CC1)c1ccccc1F. The predicted molar refractivity (Wildman–Crippen MR) is 69.9 cm³/mol. The van der Waals surface area contributed by atoms with Crippen LogP contribution in [0.1, 0.15) is 19.3 Å². The minimum Gasteiger partial charge on any atom is -0.313 e. The first-order valence-electron chi connectivity index (χ1n) is 5.70. The number of para-hydroxylation sites is 1. The number of benzene rings is 1. The Morgan fingerprint density at radius 1 is 1.47 bits per heavy atom. The molecule has 1 fully saturated rings. The molecule has 0 N–H and O–H groups in total. The van der Waals surface area contributed by atoms with E-state index in [4.69, 9.17) is 0 Å². The summed E-state index contributed by atoms with van der Waals surface area (Å²) in [5.41, 5.74) is 0.409. The quantitative estimate of drug-likeness (QED) is 0.818. The van der Waals surface area contributed by atoms with Crippen molar-refractivity contribution < 1.29 is 9.18 Å². The van der Waals surface area contributed by atoms with E-state index in [1.54, 1.807) is 25.2 Å². The van der Waals surface area contributed by atoms with Crippen molar-refractivity contribution in [1.29, 1.82) is 0 Å². The minimum atomic E-state index is -0.362. The van der Waals surface area contributed by atoms with Crippen LogP contribution in [0, 0.1) is 11.2 Å². The second-order valence-electron chi connectivity index (χ2n) is 4.74. The fraction of sp³-hybridized carbons (Fsp3) is 0.462. The molecular formula is C13H16FNOS. The number of rotatable bonds is 4. The van der Waals surface area contributed by atoms with Crippen LogP contribution in [-0.2, 0) is 4.79 Å². The Balaban J connectivity index is 2.07. The summed E-state index contributed by atoms with van der Waals surface area (Å²) in [6.45, 7) is 0. The Morgan fingerprint density at radius 3 is 2.65 bits per heavy atom. The van der Waals surface area contributed by atoms with Gasteiger partial charge in [-0.1, -0.05) is 12.1 Å². The Kier molecular flexibility index (Phi) is 3.43. The molecule has 0 radical (unpaired) electrons. The molecule has 0 atom stereocenters. The molecule has 1 aliphatic rings. The first-order chi connectivity index (χ1) is 8.08. The number of anilines is 1. The summed E-state index contributed by atoms with van der Waals surface area (Å²) in [7, 11) is 1.62. The molecule has 0 bridgehead atoms. The van der Waals surface area contributed by atoms with E-state index < -0.39 is 0 Å². The fourth-order valence-corrected chi connectivity index (χ4v) is 2.29. The average Bonchev–Trinajstić information content (AvgIpc) is 3.09. The van der Waals surface area contributed by atoms with Crippen LogP contribution < -0.4 is 4.90 Å². The van der Waals surface area contributed by atoms with E-state index in [-0.39, 0.29) is 17.1 Å². The van der Waals surface area contributed by atoms with Gasteiger partial charge < -0.3 is 4.90 Å². The van der Waals surface area contributed by atoms with Crippen LogP contribution in [0.4, 0.5) is 10.1 Å². The highest BCUT2D eigenvalue weighted by Gasteiger charge is 2.43. The fourth-order valence-electron chi connectivity index (χ4n) is 1.87. The topological polar surface area (TPSA) is 20.3 Å². The second kappa shape index (κ2) is 4.69. The van der Waals surface area contributed by atoms with Crippen molar-refractivity contribution in [2.45, 2.75) is 19.3 Å². The highest BCUT2D eigenvalue weighted by atomic mass is 32.1. The van der Waals surface area contributed by atoms with Gasteiger partial charge in [0.2, 0.25) is 5.91 Å². The zero-order valence-corrected chi connectivity index (χ0v) is 10.7. The van der Waals surface area contributed by atoms with Gasteiger partial charge in [-0.2, -0.15) is 12.6 Å². The molecule has 1 aromatic carbocycles. The minimum absolute atomic E-state index is 0.0401. The number of carbonyl (C=O) groups excluding carboxylic acids is 1. The highest BCUT2D eigenvalue weighted by Crippen LogP contribution is 2.49. The van der Waals surface area contributed by atoms with Crippen LogP contribution >= 0.6 is 12.6 Å². The Bertz CT molecular complexity index is 431. The number of carbonyl (C=O) groups is 1. The van der Waals surface area contributed by atoms with E-state index in [1.165, 1.54) is 11.0 Å². The van der Waals surface area contributed by atoms with Crippen LogP contribution in [0.2, 0.25) is 0 Å². The van der Waals surface area contributed by atoms with Gasteiger partial charge in [-0.05, 0) is 36.1 Å².